The van der Waals surface area contributed by atoms with Crippen molar-refractivity contribution in [2.75, 3.05) is 0 Å². The molecule has 0 saturated heterocycles. The molecule has 0 bridgehead atoms. The SMILES string of the molecule is FC1(F)c2ccccc2-c2ccc(-c3ccc(-c4cc(-c5cccc6ccccc56)nc(-c5ccccc5)n4)c4ccccc34)cc21. The van der Waals surface area contributed by atoms with Gasteiger partial charge in [-0.2, -0.15) is 8.78 Å². The van der Waals surface area contributed by atoms with Crippen LogP contribution in [0, 0.1) is 0 Å². The zero-order valence-corrected chi connectivity index (χ0v) is 25.2. The van der Waals surface area contributed by atoms with E-state index in [0.717, 1.165) is 60.8 Å². The molecule has 0 atom stereocenters. The average Bonchev–Trinajstić information content (AvgIpc) is 3.36. The predicted molar refractivity (Wildman–Crippen MR) is 187 cm³/mol. The maximum Gasteiger partial charge on any atom is 0.299 e. The lowest BCUT2D eigenvalue weighted by atomic mass is 9.91. The highest BCUT2D eigenvalue weighted by atomic mass is 19.3. The number of hydrogen-bond acceptors (Lipinski definition) is 2. The van der Waals surface area contributed by atoms with Crippen LogP contribution in [0.5, 0.6) is 0 Å². The van der Waals surface area contributed by atoms with E-state index in [0.29, 0.717) is 17.0 Å². The van der Waals surface area contributed by atoms with Crippen LogP contribution < -0.4 is 0 Å². The lowest BCUT2D eigenvalue weighted by molar-refractivity contribution is 0.0480. The van der Waals surface area contributed by atoms with Gasteiger partial charge in [0.2, 0.25) is 0 Å². The monoisotopic (exact) mass is 608 g/mol. The first-order valence-corrected chi connectivity index (χ1v) is 15.6. The summed E-state index contributed by atoms with van der Waals surface area (Å²) in [6, 6.07) is 51.1. The normalized spacial score (nSPS) is 13.1. The van der Waals surface area contributed by atoms with Crippen LogP contribution in [0.25, 0.3) is 77.7 Å². The summed E-state index contributed by atoms with van der Waals surface area (Å²) in [6.07, 6.45) is 0. The quantitative estimate of drug-likeness (QED) is 0.199. The molecule has 4 heteroatoms. The lowest BCUT2D eigenvalue weighted by Gasteiger charge is -2.16. The Labute approximate surface area is 270 Å². The molecule has 0 fully saturated rings. The van der Waals surface area contributed by atoms with Crippen LogP contribution in [-0.4, -0.2) is 9.97 Å². The molecular weight excluding hydrogens is 582 g/mol. The van der Waals surface area contributed by atoms with Crippen molar-refractivity contribution in [2.45, 2.75) is 5.92 Å². The van der Waals surface area contributed by atoms with Crippen LogP contribution in [-0.2, 0) is 5.92 Å². The Hall–Kier alpha value is -6.00. The Kier molecular flexibility index (Phi) is 6.12. The summed E-state index contributed by atoms with van der Waals surface area (Å²) in [6.45, 7) is 0. The Morgan fingerprint density at radius 3 is 1.74 bits per heavy atom. The van der Waals surface area contributed by atoms with Crippen LogP contribution >= 0.6 is 0 Å². The van der Waals surface area contributed by atoms with E-state index in [4.69, 9.17) is 9.97 Å². The van der Waals surface area contributed by atoms with Crippen LogP contribution in [0.1, 0.15) is 11.1 Å². The summed E-state index contributed by atoms with van der Waals surface area (Å²) < 4.78 is 31.3. The first-order chi connectivity index (χ1) is 23.1. The van der Waals surface area contributed by atoms with Gasteiger partial charge >= 0.3 is 0 Å². The van der Waals surface area contributed by atoms with E-state index in [1.165, 1.54) is 6.07 Å². The second-order valence-electron chi connectivity index (χ2n) is 11.9. The first-order valence-electron chi connectivity index (χ1n) is 15.6. The second kappa shape index (κ2) is 10.5. The summed E-state index contributed by atoms with van der Waals surface area (Å²) in [4.78, 5) is 10.2. The number of halogens is 2. The maximum atomic E-state index is 15.7. The van der Waals surface area contributed by atoms with Crippen LogP contribution in [0.3, 0.4) is 0 Å². The smallest absolute Gasteiger partial charge is 0.228 e. The molecule has 2 nitrogen and oxygen atoms in total. The zero-order valence-electron chi connectivity index (χ0n) is 25.2. The molecule has 0 amide bonds. The van der Waals surface area contributed by atoms with E-state index >= 15 is 8.78 Å². The lowest BCUT2D eigenvalue weighted by Crippen LogP contribution is -2.10. The Morgan fingerprint density at radius 1 is 0.383 bits per heavy atom. The summed E-state index contributed by atoms with van der Waals surface area (Å²) in [5.74, 6) is -2.41. The van der Waals surface area contributed by atoms with Gasteiger partial charge in [0.05, 0.1) is 11.4 Å². The molecule has 0 saturated carbocycles. The van der Waals surface area contributed by atoms with E-state index in [1.807, 2.05) is 78.9 Å². The Balaban J connectivity index is 1.24. The highest BCUT2D eigenvalue weighted by Crippen LogP contribution is 2.52. The number of rotatable bonds is 4. The number of nitrogens with zero attached hydrogens (tertiary/aromatic N) is 2. The van der Waals surface area contributed by atoms with Gasteiger partial charge in [0.25, 0.3) is 5.92 Å². The number of alkyl halides is 2. The molecule has 9 rings (SSSR count). The third-order valence-corrected chi connectivity index (χ3v) is 9.25. The fourth-order valence-corrected chi connectivity index (χ4v) is 7.01. The molecule has 0 N–H and O–H groups in total. The molecule has 47 heavy (non-hydrogen) atoms. The Morgan fingerprint density at radius 2 is 0.936 bits per heavy atom. The minimum absolute atomic E-state index is 0.0485. The van der Waals surface area contributed by atoms with Crippen molar-refractivity contribution in [3.8, 4) is 56.2 Å². The zero-order chi connectivity index (χ0) is 31.5. The van der Waals surface area contributed by atoms with Gasteiger partial charge in [0, 0.05) is 27.8 Å². The van der Waals surface area contributed by atoms with Gasteiger partial charge in [0.15, 0.2) is 5.82 Å². The Bertz CT molecular complexity index is 2500. The predicted octanol–water partition coefficient (Wildman–Crippen LogP) is 11.6. The van der Waals surface area contributed by atoms with E-state index < -0.39 is 5.92 Å². The topological polar surface area (TPSA) is 25.8 Å². The molecule has 0 unspecified atom stereocenters. The second-order valence-corrected chi connectivity index (χ2v) is 11.9. The van der Waals surface area contributed by atoms with Gasteiger partial charge in [-0.1, -0.05) is 146 Å². The fraction of sp³-hybridized carbons (Fsp3) is 0.0233. The first kappa shape index (κ1) is 27.3. The molecule has 222 valence electrons. The van der Waals surface area contributed by atoms with Crippen molar-refractivity contribution in [3.63, 3.8) is 0 Å². The van der Waals surface area contributed by atoms with E-state index in [1.54, 1.807) is 18.2 Å². The molecule has 1 aromatic heterocycles. The van der Waals surface area contributed by atoms with Gasteiger partial charge in [-0.05, 0) is 55.9 Å². The van der Waals surface area contributed by atoms with Gasteiger partial charge in [-0.25, -0.2) is 9.97 Å². The van der Waals surface area contributed by atoms with Crippen LogP contribution in [0.4, 0.5) is 8.78 Å². The van der Waals surface area contributed by atoms with Crippen LogP contribution in [0.2, 0.25) is 0 Å². The molecule has 1 aliphatic rings. The van der Waals surface area contributed by atoms with Gasteiger partial charge in [0.1, 0.15) is 0 Å². The van der Waals surface area contributed by atoms with Gasteiger partial charge in [-0.15, -0.1) is 0 Å². The molecule has 0 aliphatic heterocycles. The molecule has 0 spiro atoms. The van der Waals surface area contributed by atoms with Crippen molar-refractivity contribution in [3.05, 3.63) is 169 Å². The van der Waals surface area contributed by atoms with E-state index in [-0.39, 0.29) is 11.1 Å². The van der Waals surface area contributed by atoms with Crippen molar-refractivity contribution >= 4 is 21.5 Å². The van der Waals surface area contributed by atoms with Crippen molar-refractivity contribution < 1.29 is 8.78 Å². The molecular formula is C43H26F2N2. The molecule has 1 aliphatic carbocycles. The van der Waals surface area contributed by atoms with Crippen LogP contribution in [0.15, 0.2) is 158 Å². The number of aromatic nitrogens is 2. The highest BCUT2D eigenvalue weighted by molar-refractivity contribution is 6.05. The molecule has 1 heterocycles. The van der Waals surface area contributed by atoms with Gasteiger partial charge < -0.3 is 0 Å². The fourth-order valence-electron chi connectivity index (χ4n) is 7.01. The minimum Gasteiger partial charge on any atom is -0.228 e. The average molecular weight is 609 g/mol. The number of benzene rings is 7. The standard InChI is InChI=1S/C43H26F2N2/c44-43(45)38-20-9-8-18-34(38)35-22-21-29(25-39(35)43)31-23-24-37(33-17-7-6-16-32(31)33)41-26-40(46-42(47-41)28-12-2-1-3-13-28)36-19-10-14-27-11-4-5-15-30(27)36/h1-26H. The van der Waals surface area contributed by atoms with Crippen molar-refractivity contribution in [2.24, 2.45) is 0 Å². The summed E-state index contributed by atoms with van der Waals surface area (Å²) in [5, 5.41) is 4.22. The summed E-state index contributed by atoms with van der Waals surface area (Å²) in [5.41, 5.74) is 7.48. The third kappa shape index (κ3) is 4.37. The summed E-state index contributed by atoms with van der Waals surface area (Å²) in [7, 11) is 0. The largest absolute Gasteiger partial charge is 0.299 e. The number of fused-ring (bicyclic) bond motifs is 5. The third-order valence-electron chi connectivity index (χ3n) is 9.25. The summed E-state index contributed by atoms with van der Waals surface area (Å²) >= 11 is 0. The van der Waals surface area contributed by atoms with Crippen molar-refractivity contribution in [1.82, 2.24) is 9.97 Å². The van der Waals surface area contributed by atoms with E-state index in [9.17, 15) is 0 Å². The van der Waals surface area contributed by atoms with Gasteiger partial charge in [-0.3, -0.25) is 0 Å². The highest BCUT2D eigenvalue weighted by Gasteiger charge is 2.44. The van der Waals surface area contributed by atoms with E-state index in [2.05, 4.69) is 54.6 Å². The maximum absolute atomic E-state index is 15.7. The minimum atomic E-state index is -3.05. The van der Waals surface area contributed by atoms with Crippen molar-refractivity contribution in [1.29, 1.82) is 0 Å². The molecule has 8 aromatic rings. The number of hydrogen-bond donors (Lipinski definition) is 0. The molecule has 0 radical (unpaired) electrons. The molecule has 7 aromatic carbocycles.